The van der Waals surface area contributed by atoms with Crippen molar-refractivity contribution < 1.29 is 38.1 Å². The van der Waals surface area contributed by atoms with E-state index in [4.69, 9.17) is 24.7 Å². The van der Waals surface area contributed by atoms with E-state index >= 15 is 0 Å². The van der Waals surface area contributed by atoms with Crippen LogP contribution in [0.2, 0.25) is 0 Å². The summed E-state index contributed by atoms with van der Waals surface area (Å²) >= 11 is 0. The van der Waals surface area contributed by atoms with Gasteiger partial charge >= 0.3 is 12.1 Å². The molecule has 8 rings (SSSR count). The third-order valence-corrected chi connectivity index (χ3v) is 14.7. The molecule has 19 nitrogen and oxygen atoms in total. The summed E-state index contributed by atoms with van der Waals surface area (Å²) in [6.07, 6.45) is 7.20. The van der Waals surface area contributed by atoms with Crippen molar-refractivity contribution in [3.63, 3.8) is 0 Å². The predicted octanol–water partition coefficient (Wildman–Crippen LogP) is 6.77. The van der Waals surface area contributed by atoms with Crippen LogP contribution in [0.3, 0.4) is 0 Å². The second kappa shape index (κ2) is 24.3. The lowest BCUT2D eigenvalue weighted by atomic mass is 9.68. The van der Waals surface area contributed by atoms with E-state index in [1.54, 1.807) is 11.8 Å². The minimum Gasteiger partial charge on any atom is -0.488 e. The predicted molar refractivity (Wildman–Crippen MR) is 289 cm³/mol. The van der Waals surface area contributed by atoms with Gasteiger partial charge in [-0.3, -0.25) is 19.3 Å². The number of carbonyl (C=O) groups excluding carboxylic acids is 4. The molecule has 0 spiro atoms. The molecule has 4 atom stereocenters. The first-order valence-corrected chi connectivity index (χ1v) is 26.7. The van der Waals surface area contributed by atoms with Gasteiger partial charge in [0, 0.05) is 86.6 Å². The molecule has 1 aliphatic carbocycles. The lowest BCUT2D eigenvalue weighted by Crippen LogP contribution is -2.56. The van der Waals surface area contributed by atoms with E-state index in [1.165, 1.54) is 0 Å². The molecule has 404 valence electrons. The number of nitrogens with one attached hydrogen (secondary N) is 2. The number of unbranched alkanes of at least 4 members (excludes halogenated alkanes) is 1. The highest BCUT2D eigenvalue weighted by molar-refractivity contribution is 6.06. The first-order valence-electron chi connectivity index (χ1n) is 26.7. The van der Waals surface area contributed by atoms with Gasteiger partial charge in [0.2, 0.25) is 17.7 Å². The Bertz CT molecular complexity index is 2590. The summed E-state index contributed by atoms with van der Waals surface area (Å²) in [6.45, 7) is 15.5. The summed E-state index contributed by atoms with van der Waals surface area (Å²) in [5.41, 5.74) is 9.63. The molecular formula is C56H77N11O8. The van der Waals surface area contributed by atoms with Crippen molar-refractivity contribution in [2.24, 2.45) is 5.41 Å². The highest BCUT2D eigenvalue weighted by atomic mass is 16.6. The summed E-state index contributed by atoms with van der Waals surface area (Å²) in [6, 6.07) is 21.1. The topological polar surface area (TPSA) is 210 Å². The van der Waals surface area contributed by atoms with E-state index in [9.17, 15) is 19.2 Å². The molecule has 4 N–H and O–H groups in total. The largest absolute Gasteiger partial charge is 0.488 e. The molecule has 3 aliphatic heterocycles. The van der Waals surface area contributed by atoms with Gasteiger partial charge in [0.05, 0.1) is 18.0 Å². The van der Waals surface area contributed by atoms with Crippen molar-refractivity contribution >= 4 is 46.8 Å². The summed E-state index contributed by atoms with van der Waals surface area (Å²) in [4.78, 5) is 68.4. The molecule has 2 bridgehead atoms. The van der Waals surface area contributed by atoms with Gasteiger partial charge < -0.3 is 54.9 Å². The van der Waals surface area contributed by atoms with Gasteiger partial charge in [-0.15, -0.1) is 10.2 Å². The number of esters is 1. The third-order valence-electron chi connectivity index (χ3n) is 14.7. The van der Waals surface area contributed by atoms with Crippen molar-refractivity contribution in [2.45, 2.75) is 122 Å². The van der Waals surface area contributed by atoms with Gasteiger partial charge in [-0.25, -0.2) is 9.78 Å². The van der Waals surface area contributed by atoms with E-state index in [-0.39, 0.29) is 43.3 Å². The first kappa shape index (κ1) is 54.5. The van der Waals surface area contributed by atoms with Crippen molar-refractivity contribution in [3.05, 3.63) is 78.5 Å². The van der Waals surface area contributed by atoms with Crippen LogP contribution >= 0.6 is 0 Å². The molecular weight excluding hydrogens is 955 g/mol. The molecule has 2 aromatic carbocycles. The molecule has 19 heteroatoms. The number of nitrogen functional groups attached to an aromatic ring is 1. The lowest BCUT2D eigenvalue weighted by Gasteiger charge is -2.43. The Kier molecular flexibility index (Phi) is 17.7. The average molecular weight is 1030 g/mol. The van der Waals surface area contributed by atoms with Crippen LogP contribution < -0.4 is 35.6 Å². The number of piperazine rings is 2. The molecule has 75 heavy (non-hydrogen) atoms. The number of nitrogens with zero attached hydrogens (tertiary/aromatic N) is 8. The summed E-state index contributed by atoms with van der Waals surface area (Å²) < 4.78 is 23.5. The number of hydrogen-bond acceptors (Lipinski definition) is 16. The van der Waals surface area contributed by atoms with Crippen molar-refractivity contribution in [1.82, 2.24) is 35.2 Å². The Morgan fingerprint density at radius 1 is 0.920 bits per heavy atom. The fourth-order valence-corrected chi connectivity index (χ4v) is 10.6. The second-order valence-electron chi connectivity index (χ2n) is 21.7. The Balaban J connectivity index is 0.853. The van der Waals surface area contributed by atoms with Crippen LogP contribution in [0.4, 0.5) is 27.7 Å². The fourth-order valence-electron chi connectivity index (χ4n) is 10.6. The number of fused-ring (bicyclic) bond motifs is 2. The number of para-hydroxylation sites is 1. The zero-order valence-electron chi connectivity index (χ0n) is 44.9. The Hall–Kier alpha value is -6.73. The monoisotopic (exact) mass is 1030 g/mol. The summed E-state index contributed by atoms with van der Waals surface area (Å²) in [5, 5.41) is 14.9. The number of carbonyl (C=O) groups is 4. The number of aromatic nitrogens is 3. The highest BCUT2D eigenvalue weighted by Gasteiger charge is 2.53. The van der Waals surface area contributed by atoms with Crippen molar-refractivity contribution in [1.29, 1.82) is 0 Å². The van der Waals surface area contributed by atoms with Crippen LogP contribution in [0, 0.1) is 5.41 Å². The van der Waals surface area contributed by atoms with Gasteiger partial charge in [-0.1, -0.05) is 30.7 Å². The van der Waals surface area contributed by atoms with Crippen LogP contribution in [0.25, 0.3) is 11.3 Å². The van der Waals surface area contributed by atoms with Gasteiger partial charge in [0.15, 0.2) is 5.82 Å². The van der Waals surface area contributed by atoms with Gasteiger partial charge in [-0.2, -0.15) is 0 Å². The normalized spacial score (nSPS) is 19.7. The minimum absolute atomic E-state index is 0.176. The number of rotatable bonds is 21. The zero-order valence-corrected chi connectivity index (χ0v) is 44.9. The molecule has 2 aromatic heterocycles. The number of ether oxygens (including phenoxy) is 4. The first-order chi connectivity index (χ1) is 36.0. The van der Waals surface area contributed by atoms with E-state index < -0.39 is 28.9 Å². The molecule has 4 aromatic rings. The Morgan fingerprint density at radius 2 is 1.67 bits per heavy atom. The van der Waals surface area contributed by atoms with E-state index in [1.807, 2.05) is 102 Å². The number of hydrogen-bond donors (Lipinski definition) is 3. The maximum Gasteiger partial charge on any atom is 0.410 e. The number of benzene rings is 2. The molecule has 4 fully saturated rings. The average Bonchev–Trinajstić information content (AvgIpc) is 3.63. The van der Waals surface area contributed by atoms with Crippen LogP contribution in [-0.4, -0.2) is 157 Å². The van der Waals surface area contributed by atoms with Crippen LogP contribution in [0.5, 0.6) is 11.6 Å². The van der Waals surface area contributed by atoms with Gasteiger partial charge in [-0.05, 0) is 142 Å². The molecule has 4 aliphatic rings. The quantitative estimate of drug-likeness (QED) is 0.0447. The van der Waals surface area contributed by atoms with E-state index in [0.717, 1.165) is 87.3 Å². The minimum atomic E-state index is -1.24. The Labute approximate surface area is 441 Å². The van der Waals surface area contributed by atoms with Gasteiger partial charge in [0.25, 0.3) is 0 Å². The molecule has 0 radical (unpaired) electrons. The van der Waals surface area contributed by atoms with Crippen LogP contribution in [-0.2, 0) is 30.5 Å². The SMILES string of the molecule is CCOC(=O)C1(C(=O)N[C@@H](CCCCN(C)C)C(=O)Nc2ccc(COc3ccccc3-c3cc(N4CC5CCC(C4)N5c4ccnc(OCCN5CCN(C(=O)OC(C)(C)C)C[C@H]5C)c4)c(N)nn3)cc2)CCC1. The third kappa shape index (κ3) is 13.6. The van der Waals surface area contributed by atoms with Crippen molar-refractivity contribution in [2.75, 3.05) is 94.0 Å². The Morgan fingerprint density at radius 3 is 2.35 bits per heavy atom. The van der Waals surface area contributed by atoms with Gasteiger partial charge in [0.1, 0.15) is 36.0 Å². The van der Waals surface area contributed by atoms with Crippen LogP contribution in [0.15, 0.2) is 72.9 Å². The van der Waals surface area contributed by atoms with E-state index in [2.05, 4.69) is 58.4 Å². The molecule has 1 saturated carbocycles. The molecule has 2 unspecified atom stereocenters. The summed E-state index contributed by atoms with van der Waals surface area (Å²) in [7, 11) is 4.00. The maximum atomic E-state index is 13.7. The number of pyridine rings is 1. The highest BCUT2D eigenvalue weighted by Crippen LogP contribution is 2.43. The number of nitrogens with two attached hydrogens (primary N) is 1. The van der Waals surface area contributed by atoms with E-state index in [0.29, 0.717) is 67.8 Å². The smallest absolute Gasteiger partial charge is 0.410 e. The maximum absolute atomic E-state index is 13.7. The number of amides is 3. The molecule has 3 saturated heterocycles. The standard InChI is InChI=1S/C56H77N11O8/c1-8-72-53(70)56(24-13-25-56)52(69)60-45(15-11-12-27-63(6)7)51(68)59-40-19-17-39(18-20-40)37-74-48-16-10-9-14-44(48)46-33-47(50(57)62-61-46)66-35-42-21-22-43(36-66)67(42)41-23-26-58-49(32-41)73-31-30-64-28-29-65(34-38(64)2)54(71)75-55(3,4)5/h9-10,14,16-20,23,26,32-33,38,42-43,45H,8,11-13,15,21-22,24-25,27-31,34-37H2,1-7H3,(H2,57,62)(H,59,68)(H,60,69)/t38-,42?,43?,45+/m1/s1. The van der Waals surface area contributed by atoms with Crippen molar-refractivity contribution in [3.8, 4) is 22.9 Å². The molecule has 3 amide bonds. The zero-order chi connectivity index (χ0) is 53.3. The summed E-state index contributed by atoms with van der Waals surface area (Å²) in [5.74, 6) is 0.277. The molecule has 5 heterocycles. The van der Waals surface area contributed by atoms with Crippen LogP contribution in [0.1, 0.15) is 91.5 Å². The fraction of sp³-hybridized carbons (Fsp3) is 0.554. The lowest BCUT2D eigenvalue weighted by molar-refractivity contribution is -0.167. The second-order valence-corrected chi connectivity index (χ2v) is 21.7. The number of anilines is 4.